The van der Waals surface area contributed by atoms with Crippen LogP contribution < -0.4 is 5.32 Å². The Kier molecular flexibility index (Phi) is 6.58. The van der Waals surface area contributed by atoms with Crippen LogP contribution in [-0.4, -0.2) is 26.1 Å². The molecular weight excluding hydrogens is 442 g/mol. The number of anilines is 1. The van der Waals surface area contributed by atoms with Gasteiger partial charge in [0, 0.05) is 10.7 Å². The van der Waals surface area contributed by atoms with Gasteiger partial charge in [-0.3, -0.25) is 4.79 Å². The summed E-state index contributed by atoms with van der Waals surface area (Å²) < 4.78 is 1.67. The quantitative estimate of drug-likeness (QED) is 0.370. The molecule has 0 saturated carbocycles. The fraction of sp³-hybridized carbons (Fsp3) is 0.167. The standard InChI is InChI=1S/C24H22ClN5OS/c1-15-9-12-21(17(3)13-15)30-24(27-28-29-30)32-22(18-7-5-4-6-8-18)23(31)26-19-11-10-16(2)20(25)14-19/h4-14,22H,1-3H3,(H,26,31). The second kappa shape index (κ2) is 9.54. The van der Waals surface area contributed by atoms with E-state index < -0.39 is 5.25 Å². The molecule has 0 fully saturated rings. The van der Waals surface area contributed by atoms with Crippen LogP contribution in [0.3, 0.4) is 0 Å². The average molecular weight is 464 g/mol. The third-order valence-electron chi connectivity index (χ3n) is 5.02. The van der Waals surface area contributed by atoms with Crippen molar-refractivity contribution in [3.63, 3.8) is 0 Å². The predicted molar refractivity (Wildman–Crippen MR) is 128 cm³/mol. The maximum atomic E-state index is 13.3. The topological polar surface area (TPSA) is 72.7 Å². The molecule has 1 heterocycles. The van der Waals surface area contributed by atoms with Gasteiger partial charge in [-0.15, -0.1) is 5.10 Å². The fourth-order valence-electron chi connectivity index (χ4n) is 3.33. The fourth-order valence-corrected chi connectivity index (χ4v) is 4.50. The molecule has 0 aliphatic heterocycles. The van der Waals surface area contributed by atoms with Crippen molar-refractivity contribution in [2.24, 2.45) is 0 Å². The van der Waals surface area contributed by atoms with Gasteiger partial charge in [-0.1, -0.05) is 77.5 Å². The van der Waals surface area contributed by atoms with Crippen molar-refractivity contribution in [1.29, 1.82) is 0 Å². The largest absolute Gasteiger partial charge is 0.325 e. The van der Waals surface area contributed by atoms with Crippen molar-refractivity contribution in [1.82, 2.24) is 20.2 Å². The van der Waals surface area contributed by atoms with E-state index in [-0.39, 0.29) is 5.91 Å². The monoisotopic (exact) mass is 463 g/mol. The zero-order valence-corrected chi connectivity index (χ0v) is 19.5. The minimum Gasteiger partial charge on any atom is -0.325 e. The maximum Gasteiger partial charge on any atom is 0.242 e. The van der Waals surface area contributed by atoms with Crippen molar-refractivity contribution >= 4 is 35.0 Å². The first-order valence-electron chi connectivity index (χ1n) is 10.1. The first-order chi connectivity index (χ1) is 15.4. The lowest BCUT2D eigenvalue weighted by Crippen LogP contribution is -2.19. The number of nitrogens with zero attached hydrogens (tertiary/aromatic N) is 4. The molecule has 0 bridgehead atoms. The summed E-state index contributed by atoms with van der Waals surface area (Å²) in [4.78, 5) is 13.3. The molecule has 3 aromatic carbocycles. The van der Waals surface area contributed by atoms with Crippen LogP contribution in [0.25, 0.3) is 5.69 Å². The number of hydrogen-bond donors (Lipinski definition) is 1. The molecule has 0 saturated heterocycles. The van der Waals surface area contributed by atoms with Gasteiger partial charge in [0.2, 0.25) is 11.1 Å². The zero-order valence-electron chi connectivity index (χ0n) is 17.9. The Bertz CT molecular complexity index is 1260. The van der Waals surface area contributed by atoms with Gasteiger partial charge in [0.25, 0.3) is 0 Å². The van der Waals surface area contributed by atoms with Crippen LogP contribution in [0.15, 0.2) is 71.9 Å². The summed E-state index contributed by atoms with van der Waals surface area (Å²) >= 11 is 7.54. The molecule has 162 valence electrons. The SMILES string of the molecule is Cc1ccc(-n2nnnc2SC(C(=O)Nc2ccc(C)c(Cl)c2)c2ccccc2)c(C)c1. The molecule has 0 radical (unpaired) electrons. The molecule has 1 atom stereocenters. The van der Waals surface area contributed by atoms with Crippen LogP contribution in [0.4, 0.5) is 5.69 Å². The third-order valence-corrected chi connectivity index (χ3v) is 6.62. The van der Waals surface area contributed by atoms with Crippen LogP contribution in [0.2, 0.25) is 5.02 Å². The summed E-state index contributed by atoms with van der Waals surface area (Å²) in [5, 5.41) is 15.8. The van der Waals surface area contributed by atoms with E-state index in [0.29, 0.717) is 15.9 Å². The van der Waals surface area contributed by atoms with Gasteiger partial charge in [0.05, 0.1) is 5.69 Å². The summed E-state index contributed by atoms with van der Waals surface area (Å²) in [6.07, 6.45) is 0. The summed E-state index contributed by atoms with van der Waals surface area (Å²) in [5.74, 6) is -0.184. The minimum atomic E-state index is -0.563. The van der Waals surface area contributed by atoms with Crippen molar-refractivity contribution in [3.8, 4) is 5.69 Å². The number of benzene rings is 3. The van der Waals surface area contributed by atoms with E-state index in [4.69, 9.17) is 11.6 Å². The van der Waals surface area contributed by atoms with E-state index in [1.165, 1.54) is 11.8 Å². The average Bonchev–Trinajstić information content (AvgIpc) is 3.23. The zero-order chi connectivity index (χ0) is 22.7. The van der Waals surface area contributed by atoms with Crippen LogP contribution >= 0.6 is 23.4 Å². The van der Waals surface area contributed by atoms with Gasteiger partial charge < -0.3 is 5.32 Å². The molecule has 0 aliphatic carbocycles. The lowest BCUT2D eigenvalue weighted by Gasteiger charge is -2.17. The summed E-state index contributed by atoms with van der Waals surface area (Å²) in [6, 6.07) is 21.1. The molecule has 1 aromatic heterocycles. The Morgan fingerprint density at radius 3 is 2.50 bits per heavy atom. The van der Waals surface area contributed by atoms with Crippen molar-refractivity contribution in [2.75, 3.05) is 5.32 Å². The number of hydrogen-bond acceptors (Lipinski definition) is 5. The molecule has 0 spiro atoms. The van der Waals surface area contributed by atoms with Crippen LogP contribution in [-0.2, 0) is 4.79 Å². The Morgan fingerprint density at radius 1 is 1.00 bits per heavy atom. The smallest absolute Gasteiger partial charge is 0.242 e. The highest BCUT2D eigenvalue weighted by molar-refractivity contribution is 8.00. The minimum absolute atomic E-state index is 0.184. The maximum absolute atomic E-state index is 13.3. The second-order valence-corrected chi connectivity index (χ2v) is 9.00. The van der Waals surface area contributed by atoms with Crippen LogP contribution in [0.5, 0.6) is 0 Å². The number of aryl methyl sites for hydroxylation is 3. The second-order valence-electron chi connectivity index (χ2n) is 7.52. The number of tetrazole rings is 1. The van der Waals surface area contributed by atoms with Gasteiger partial charge in [0.1, 0.15) is 5.25 Å². The molecule has 1 unspecified atom stereocenters. The van der Waals surface area contributed by atoms with E-state index in [2.05, 4.69) is 26.9 Å². The highest BCUT2D eigenvalue weighted by Crippen LogP contribution is 2.36. The number of thioether (sulfide) groups is 1. The van der Waals surface area contributed by atoms with E-state index in [0.717, 1.165) is 27.9 Å². The lowest BCUT2D eigenvalue weighted by molar-refractivity contribution is -0.115. The Balaban J connectivity index is 1.66. The Hall–Kier alpha value is -3.16. The van der Waals surface area contributed by atoms with Gasteiger partial charge in [-0.2, -0.15) is 4.68 Å². The third kappa shape index (κ3) is 4.84. The van der Waals surface area contributed by atoms with Gasteiger partial charge >= 0.3 is 0 Å². The van der Waals surface area contributed by atoms with Crippen LogP contribution in [0.1, 0.15) is 27.5 Å². The molecule has 32 heavy (non-hydrogen) atoms. The number of rotatable bonds is 6. The predicted octanol–water partition coefficient (Wildman–Crippen LogP) is 5.71. The summed E-state index contributed by atoms with van der Waals surface area (Å²) in [5.41, 5.74) is 5.53. The molecule has 4 aromatic rings. The number of nitrogens with one attached hydrogen (secondary N) is 1. The van der Waals surface area contributed by atoms with Crippen molar-refractivity contribution in [2.45, 2.75) is 31.2 Å². The van der Waals surface area contributed by atoms with Gasteiger partial charge in [-0.05, 0) is 66.1 Å². The Labute approximate surface area is 196 Å². The number of amides is 1. The molecule has 0 aliphatic rings. The highest BCUT2D eigenvalue weighted by Gasteiger charge is 2.26. The molecule has 6 nitrogen and oxygen atoms in total. The van der Waals surface area contributed by atoms with Gasteiger partial charge in [0.15, 0.2) is 0 Å². The van der Waals surface area contributed by atoms with E-state index >= 15 is 0 Å². The van der Waals surface area contributed by atoms with Gasteiger partial charge in [-0.25, -0.2) is 0 Å². The molecule has 1 N–H and O–H groups in total. The molecule has 4 rings (SSSR count). The first-order valence-corrected chi connectivity index (χ1v) is 11.3. The van der Waals surface area contributed by atoms with Crippen molar-refractivity contribution in [3.05, 3.63) is 94.0 Å². The normalized spacial score (nSPS) is 11.9. The van der Waals surface area contributed by atoms with Crippen molar-refractivity contribution < 1.29 is 4.79 Å². The molecule has 1 amide bonds. The highest BCUT2D eigenvalue weighted by atomic mass is 35.5. The molecular formula is C24H22ClN5OS. The van der Waals surface area contributed by atoms with E-state index in [1.54, 1.807) is 10.7 Å². The van der Waals surface area contributed by atoms with E-state index in [1.807, 2.05) is 75.4 Å². The van der Waals surface area contributed by atoms with Crippen LogP contribution in [0, 0.1) is 20.8 Å². The number of carbonyl (C=O) groups is 1. The number of halogens is 1. The summed E-state index contributed by atoms with van der Waals surface area (Å²) in [6.45, 7) is 5.98. The summed E-state index contributed by atoms with van der Waals surface area (Å²) in [7, 11) is 0. The number of carbonyl (C=O) groups excluding carboxylic acids is 1. The number of aromatic nitrogens is 4. The lowest BCUT2D eigenvalue weighted by atomic mass is 10.1. The molecule has 8 heteroatoms. The first kappa shape index (κ1) is 22.0. The van der Waals surface area contributed by atoms with E-state index in [9.17, 15) is 4.79 Å². The Morgan fingerprint density at radius 2 is 1.78 bits per heavy atom.